The summed E-state index contributed by atoms with van der Waals surface area (Å²) in [6, 6.07) is 16.4. The topological polar surface area (TPSA) is 68.0 Å². The Balaban J connectivity index is 1.76. The fourth-order valence-electron chi connectivity index (χ4n) is 1.74. The van der Waals surface area contributed by atoms with Crippen molar-refractivity contribution in [1.82, 2.24) is 10.2 Å². The van der Waals surface area contributed by atoms with E-state index in [0.29, 0.717) is 11.5 Å². The molecule has 3 rings (SSSR count). The van der Waals surface area contributed by atoms with Crippen molar-refractivity contribution in [3.8, 4) is 11.5 Å². The summed E-state index contributed by atoms with van der Waals surface area (Å²) in [7, 11) is 0. The lowest BCUT2D eigenvalue weighted by Crippen LogP contribution is -2.11. The SMILES string of the molecule is O=C(Nc1nnc(-c2ccc(Br)cc2)o1)c1ccccc1. The zero-order valence-electron chi connectivity index (χ0n) is 10.8. The summed E-state index contributed by atoms with van der Waals surface area (Å²) in [4.78, 5) is 12.0. The van der Waals surface area contributed by atoms with Crippen LogP contribution in [-0.4, -0.2) is 16.1 Å². The standard InChI is InChI=1S/C15H10BrN3O2/c16-12-8-6-11(7-9-12)14-18-19-15(21-14)17-13(20)10-4-2-1-3-5-10/h1-9H,(H,17,19,20). The van der Waals surface area contributed by atoms with E-state index in [1.54, 1.807) is 24.3 Å². The van der Waals surface area contributed by atoms with Gasteiger partial charge in [-0.15, -0.1) is 5.10 Å². The Morgan fingerprint density at radius 1 is 1.00 bits per heavy atom. The summed E-state index contributed by atoms with van der Waals surface area (Å²) in [5.41, 5.74) is 1.31. The van der Waals surface area contributed by atoms with Crippen molar-refractivity contribution in [3.63, 3.8) is 0 Å². The number of halogens is 1. The first-order chi connectivity index (χ1) is 10.2. The predicted octanol–water partition coefficient (Wildman–Crippen LogP) is 3.75. The molecule has 0 atom stereocenters. The van der Waals surface area contributed by atoms with Gasteiger partial charge in [-0.05, 0) is 36.4 Å². The summed E-state index contributed by atoms with van der Waals surface area (Å²) in [5.74, 6) is 0.0625. The second-order valence-electron chi connectivity index (χ2n) is 4.24. The molecule has 0 saturated heterocycles. The smallest absolute Gasteiger partial charge is 0.322 e. The van der Waals surface area contributed by atoms with Crippen LogP contribution in [0.5, 0.6) is 0 Å². The normalized spacial score (nSPS) is 10.3. The summed E-state index contributed by atoms with van der Waals surface area (Å²) < 4.78 is 6.39. The second-order valence-corrected chi connectivity index (χ2v) is 5.16. The highest BCUT2D eigenvalue weighted by atomic mass is 79.9. The molecule has 2 aromatic carbocycles. The minimum atomic E-state index is -0.290. The van der Waals surface area contributed by atoms with Gasteiger partial charge in [-0.25, -0.2) is 0 Å². The third-order valence-corrected chi connectivity index (χ3v) is 3.30. The fourth-order valence-corrected chi connectivity index (χ4v) is 2.01. The third kappa shape index (κ3) is 3.17. The van der Waals surface area contributed by atoms with Gasteiger partial charge in [0.15, 0.2) is 0 Å². The summed E-state index contributed by atoms with van der Waals surface area (Å²) >= 11 is 3.36. The maximum atomic E-state index is 12.0. The Labute approximate surface area is 129 Å². The molecule has 6 heteroatoms. The van der Waals surface area contributed by atoms with Gasteiger partial charge in [-0.2, -0.15) is 0 Å². The van der Waals surface area contributed by atoms with Crippen LogP contribution in [0.4, 0.5) is 6.01 Å². The number of hydrogen-bond donors (Lipinski definition) is 1. The van der Waals surface area contributed by atoms with Crippen LogP contribution in [-0.2, 0) is 0 Å². The average Bonchev–Trinajstić information content (AvgIpc) is 2.97. The molecule has 0 aliphatic rings. The number of carbonyl (C=O) groups is 1. The van der Waals surface area contributed by atoms with Gasteiger partial charge in [0, 0.05) is 15.6 Å². The molecule has 21 heavy (non-hydrogen) atoms. The van der Waals surface area contributed by atoms with Crippen LogP contribution in [0, 0.1) is 0 Å². The molecule has 5 nitrogen and oxygen atoms in total. The minimum Gasteiger partial charge on any atom is -0.403 e. The quantitative estimate of drug-likeness (QED) is 0.786. The first-order valence-electron chi connectivity index (χ1n) is 6.18. The van der Waals surface area contributed by atoms with Gasteiger partial charge in [0.1, 0.15) is 0 Å². The maximum absolute atomic E-state index is 12.0. The molecule has 104 valence electrons. The molecule has 0 aliphatic heterocycles. The van der Waals surface area contributed by atoms with Crippen molar-refractivity contribution in [3.05, 3.63) is 64.6 Å². The van der Waals surface area contributed by atoms with E-state index in [1.165, 1.54) is 0 Å². The number of carbonyl (C=O) groups excluding carboxylic acids is 1. The molecule has 0 radical (unpaired) electrons. The Morgan fingerprint density at radius 3 is 2.43 bits per heavy atom. The molecular weight excluding hydrogens is 334 g/mol. The summed E-state index contributed by atoms with van der Waals surface area (Å²) in [6.07, 6.45) is 0. The molecule has 3 aromatic rings. The fraction of sp³-hybridized carbons (Fsp3) is 0. The molecular formula is C15H10BrN3O2. The number of nitrogens with zero attached hydrogens (tertiary/aromatic N) is 2. The molecule has 0 aliphatic carbocycles. The lowest BCUT2D eigenvalue weighted by molar-refractivity contribution is 0.102. The van der Waals surface area contributed by atoms with Crippen LogP contribution in [0.15, 0.2) is 63.5 Å². The van der Waals surface area contributed by atoms with Gasteiger partial charge < -0.3 is 4.42 Å². The highest BCUT2D eigenvalue weighted by Gasteiger charge is 2.12. The van der Waals surface area contributed by atoms with Crippen LogP contribution in [0.3, 0.4) is 0 Å². The van der Waals surface area contributed by atoms with Crippen molar-refractivity contribution in [2.75, 3.05) is 5.32 Å². The monoisotopic (exact) mass is 343 g/mol. The second kappa shape index (κ2) is 5.88. The number of hydrogen-bond acceptors (Lipinski definition) is 4. The Hall–Kier alpha value is -2.47. The zero-order valence-corrected chi connectivity index (χ0v) is 12.4. The van der Waals surface area contributed by atoms with Gasteiger partial charge in [0.2, 0.25) is 5.89 Å². The van der Waals surface area contributed by atoms with Gasteiger partial charge in [-0.1, -0.05) is 39.2 Å². The largest absolute Gasteiger partial charge is 0.403 e. The molecule has 0 unspecified atom stereocenters. The number of amides is 1. The van der Waals surface area contributed by atoms with Crippen LogP contribution in [0.1, 0.15) is 10.4 Å². The van der Waals surface area contributed by atoms with E-state index in [1.807, 2.05) is 30.3 Å². The number of benzene rings is 2. The van der Waals surface area contributed by atoms with E-state index in [9.17, 15) is 4.79 Å². The Morgan fingerprint density at radius 2 is 1.71 bits per heavy atom. The zero-order chi connectivity index (χ0) is 14.7. The number of nitrogens with one attached hydrogen (secondary N) is 1. The first-order valence-corrected chi connectivity index (χ1v) is 6.97. The molecule has 0 spiro atoms. The highest BCUT2D eigenvalue weighted by Crippen LogP contribution is 2.22. The number of rotatable bonds is 3. The lowest BCUT2D eigenvalue weighted by Gasteiger charge is -1.99. The van der Waals surface area contributed by atoms with E-state index in [0.717, 1.165) is 10.0 Å². The Kier molecular flexibility index (Phi) is 3.79. The van der Waals surface area contributed by atoms with Crippen LogP contribution >= 0.6 is 15.9 Å². The molecule has 0 bridgehead atoms. The molecule has 1 N–H and O–H groups in total. The summed E-state index contributed by atoms with van der Waals surface area (Å²) in [5, 5.41) is 10.3. The van der Waals surface area contributed by atoms with Gasteiger partial charge in [-0.3, -0.25) is 10.1 Å². The van der Waals surface area contributed by atoms with Crippen LogP contribution in [0.25, 0.3) is 11.5 Å². The van der Waals surface area contributed by atoms with Crippen molar-refractivity contribution in [2.24, 2.45) is 0 Å². The van der Waals surface area contributed by atoms with Crippen molar-refractivity contribution < 1.29 is 9.21 Å². The number of anilines is 1. The van der Waals surface area contributed by atoms with E-state index in [-0.39, 0.29) is 11.9 Å². The van der Waals surface area contributed by atoms with Gasteiger partial charge in [0.25, 0.3) is 5.91 Å². The highest BCUT2D eigenvalue weighted by molar-refractivity contribution is 9.10. The Bertz CT molecular complexity index is 754. The molecule has 0 saturated carbocycles. The molecule has 1 heterocycles. The van der Waals surface area contributed by atoms with Crippen LogP contribution in [0.2, 0.25) is 0 Å². The van der Waals surface area contributed by atoms with Crippen molar-refractivity contribution >= 4 is 27.9 Å². The van der Waals surface area contributed by atoms with Gasteiger partial charge in [0.05, 0.1) is 0 Å². The lowest BCUT2D eigenvalue weighted by atomic mass is 10.2. The van der Waals surface area contributed by atoms with Crippen molar-refractivity contribution in [2.45, 2.75) is 0 Å². The molecule has 0 fully saturated rings. The molecule has 1 amide bonds. The average molecular weight is 344 g/mol. The number of aromatic nitrogens is 2. The minimum absolute atomic E-state index is 0.0711. The van der Waals surface area contributed by atoms with Gasteiger partial charge >= 0.3 is 6.01 Å². The van der Waals surface area contributed by atoms with E-state index >= 15 is 0 Å². The van der Waals surface area contributed by atoms with E-state index in [4.69, 9.17) is 4.42 Å². The summed E-state index contributed by atoms with van der Waals surface area (Å²) in [6.45, 7) is 0. The third-order valence-electron chi connectivity index (χ3n) is 2.77. The van der Waals surface area contributed by atoms with E-state index < -0.39 is 0 Å². The van der Waals surface area contributed by atoms with E-state index in [2.05, 4.69) is 31.4 Å². The van der Waals surface area contributed by atoms with Crippen molar-refractivity contribution in [1.29, 1.82) is 0 Å². The first kappa shape index (κ1) is 13.5. The maximum Gasteiger partial charge on any atom is 0.322 e. The predicted molar refractivity (Wildman–Crippen MR) is 81.8 cm³/mol. The van der Waals surface area contributed by atoms with Crippen LogP contribution < -0.4 is 5.32 Å². The molecule has 1 aromatic heterocycles.